The number of fused-ring (bicyclic) bond motifs is 3. The second-order valence-electron chi connectivity index (χ2n) is 6.13. The van der Waals surface area contributed by atoms with Crippen LogP contribution in [0.15, 0.2) is 18.2 Å². The van der Waals surface area contributed by atoms with Crippen LogP contribution in [0.5, 0.6) is 0 Å². The van der Waals surface area contributed by atoms with Gasteiger partial charge in [-0.2, -0.15) is 0 Å². The predicted octanol–water partition coefficient (Wildman–Crippen LogP) is 2.41. The van der Waals surface area contributed by atoms with Gasteiger partial charge in [-0.1, -0.05) is 12.1 Å². The van der Waals surface area contributed by atoms with Gasteiger partial charge in [0.05, 0.1) is 12.2 Å². The van der Waals surface area contributed by atoms with Gasteiger partial charge in [0.1, 0.15) is 0 Å². The summed E-state index contributed by atoms with van der Waals surface area (Å²) in [5.41, 5.74) is 4.43. The molecule has 1 aromatic carbocycles. The highest BCUT2D eigenvalue weighted by atomic mass is 16.5. The summed E-state index contributed by atoms with van der Waals surface area (Å²) in [6.45, 7) is 4.46. The average molecular weight is 258 g/mol. The number of benzene rings is 1. The van der Waals surface area contributed by atoms with Crippen molar-refractivity contribution in [2.75, 3.05) is 25.0 Å². The maximum atomic E-state index is 5.92. The van der Waals surface area contributed by atoms with E-state index in [1.165, 1.54) is 36.9 Å². The van der Waals surface area contributed by atoms with Crippen LogP contribution >= 0.6 is 0 Å². The Morgan fingerprint density at radius 2 is 2.05 bits per heavy atom. The second-order valence-corrected chi connectivity index (χ2v) is 6.13. The molecule has 2 saturated heterocycles. The topological polar surface area (TPSA) is 24.5 Å². The third-order valence-electron chi connectivity index (χ3n) is 4.71. The largest absolute Gasteiger partial charge is 0.385 e. The Kier molecular flexibility index (Phi) is 2.97. The summed E-state index contributed by atoms with van der Waals surface area (Å²) in [5, 5.41) is 3.53. The van der Waals surface area contributed by atoms with Gasteiger partial charge >= 0.3 is 0 Å². The molecular formula is C16H22N2O. The van der Waals surface area contributed by atoms with Crippen LogP contribution in [0.25, 0.3) is 0 Å². The zero-order valence-corrected chi connectivity index (χ0v) is 11.4. The average Bonchev–Trinajstić information content (AvgIpc) is 2.78. The Bertz CT molecular complexity index is 462. The number of hydrogen-bond donors (Lipinski definition) is 1. The molecule has 0 saturated carbocycles. The highest BCUT2D eigenvalue weighted by Crippen LogP contribution is 2.30. The van der Waals surface area contributed by atoms with Crippen molar-refractivity contribution in [2.24, 2.45) is 0 Å². The number of rotatable bonds is 2. The molecule has 3 nitrogen and oxygen atoms in total. The molecule has 1 N–H and O–H groups in total. The van der Waals surface area contributed by atoms with Crippen LogP contribution < -0.4 is 5.32 Å². The molecule has 2 atom stereocenters. The molecule has 0 spiro atoms. The van der Waals surface area contributed by atoms with Crippen LogP contribution in [0.1, 0.15) is 30.4 Å². The van der Waals surface area contributed by atoms with Gasteiger partial charge in [0, 0.05) is 31.9 Å². The van der Waals surface area contributed by atoms with Gasteiger partial charge in [-0.05, 0) is 42.9 Å². The molecule has 1 aromatic rings. The maximum Gasteiger partial charge on any atom is 0.0707 e. The van der Waals surface area contributed by atoms with Gasteiger partial charge < -0.3 is 10.1 Å². The number of ether oxygens (including phenoxy) is 1. The van der Waals surface area contributed by atoms with Gasteiger partial charge in [-0.3, -0.25) is 4.90 Å². The minimum atomic E-state index is 0.497. The van der Waals surface area contributed by atoms with E-state index in [-0.39, 0.29) is 0 Å². The number of morpholine rings is 1. The van der Waals surface area contributed by atoms with E-state index in [4.69, 9.17) is 4.74 Å². The van der Waals surface area contributed by atoms with Crippen molar-refractivity contribution in [3.63, 3.8) is 0 Å². The van der Waals surface area contributed by atoms with Gasteiger partial charge in [-0.15, -0.1) is 0 Å². The first-order chi connectivity index (χ1) is 9.38. The van der Waals surface area contributed by atoms with Crippen LogP contribution in [-0.4, -0.2) is 36.7 Å². The van der Waals surface area contributed by atoms with Crippen molar-refractivity contribution in [1.29, 1.82) is 0 Å². The first kappa shape index (κ1) is 11.7. The van der Waals surface area contributed by atoms with Gasteiger partial charge in [0.25, 0.3) is 0 Å². The summed E-state index contributed by atoms with van der Waals surface area (Å²) >= 11 is 0. The molecule has 0 aliphatic carbocycles. The molecule has 2 unspecified atom stereocenters. The van der Waals surface area contributed by atoms with Crippen LogP contribution in [0.4, 0.5) is 5.69 Å². The second kappa shape index (κ2) is 4.80. The molecule has 3 heteroatoms. The molecule has 3 aliphatic rings. The van der Waals surface area contributed by atoms with Crippen molar-refractivity contribution in [3.05, 3.63) is 29.3 Å². The van der Waals surface area contributed by atoms with Crippen molar-refractivity contribution in [3.8, 4) is 0 Å². The first-order valence-electron chi connectivity index (χ1n) is 7.61. The van der Waals surface area contributed by atoms with Gasteiger partial charge in [0.15, 0.2) is 0 Å². The summed E-state index contributed by atoms with van der Waals surface area (Å²) in [4.78, 5) is 2.59. The lowest BCUT2D eigenvalue weighted by molar-refractivity contribution is -0.0411. The van der Waals surface area contributed by atoms with E-state index in [9.17, 15) is 0 Å². The molecule has 0 aromatic heterocycles. The molecule has 3 heterocycles. The predicted molar refractivity (Wildman–Crippen MR) is 76.4 cm³/mol. The van der Waals surface area contributed by atoms with Gasteiger partial charge in [0.2, 0.25) is 0 Å². The number of likely N-dealkylation sites (tertiary alicyclic amines) is 1. The fourth-order valence-electron chi connectivity index (χ4n) is 3.80. The van der Waals surface area contributed by atoms with Crippen LogP contribution in [0, 0.1) is 0 Å². The summed E-state index contributed by atoms with van der Waals surface area (Å²) < 4.78 is 5.92. The summed E-state index contributed by atoms with van der Waals surface area (Å²) in [6.07, 6.45) is 6.01. The fourth-order valence-corrected chi connectivity index (χ4v) is 3.80. The minimum absolute atomic E-state index is 0.497. The highest BCUT2D eigenvalue weighted by Gasteiger charge is 2.33. The van der Waals surface area contributed by atoms with Crippen molar-refractivity contribution in [1.82, 2.24) is 4.90 Å². The fraction of sp³-hybridized carbons (Fsp3) is 0.625. The lowest BCUT2D eigenvalue weighted by atomic mass is 9.97. The molecule has 0 radical (unpaired) electrons. The van der Waals surface area contributed by atoms with Crippen molar-refractivity contribution in [2.45, 2.75) is 44.4 Å². The quantitative estimate of drug-likeness (QED) is 0.881. The zero-order chi connectivity index (χ0) is 12.7. The third kappa shape index (κ3) is 2.26. The first-order valence-corrected chi connectivity index (χ1v) is 7.61. The highest BCUT2D eigenvalue weighted by molar-refractivity contribution is 5.56. The normalized spacial score (nSPS) is 29.9. The minimum Gasteiger partial charge on any atom is -0.385 e. The van der Waals surface area contributed by atoms with E-state index in [1.807, 2.05) is 0 Å². The third-order valence-corrected chi connectivity index (χ3v) is 4.71. The molecule has 102 valence electrons. The Labute approximate surface area is 114 Å². The number of hydrogen-bond acceptors (Lipinski definition) is 3. The molecule has 3 aliphatic heterocycles. The van der Waals surface area contributed by atoms with E-state index < -0.39 is 0 Å². The summed E-state index contributed by atoms with van der Waals surface area (Å²) in [6, 6.07) is 6.73. The smallest absolute Gasteiger partial charge is 0.0707 e. The molecular weight excluding hydrogens is 236 g/mol. The Hall–Kier alpha value is -1.06. The Morgan fingerprint density at radius 3 is 2.89 bits per heavy atom. The van der Waals surface area contributed by atoms with Crippen LogP contribution in [0.2, 0.25) is 0 Å². The van der Waals surface area contributed by atoms with Crippen LogP contribution in [-0.2, 0) is 17.7 Å². The molecule has 4 rings (SSSR count). The molecule has 19 heavy (non-hydrogen) atoms. The molecule has 2 bridgehead atoms. The Balaban J connectivity index is 1.53. The van der Waals surface area contributed by atoms with Crippen LogP contribution in [0.3, 0.4) is 0 Å². The molecule has 0 amide bonds. The molecule has 2 fully saturated rings. The number of nitrogens with zero attached hydrogens (tertiary/aromatic N) is 1. The summed E-state index contributed by atoms with van der Waals surface area (Å²) in [5.74, 6) is 0. The Morgan fingerprint density at radius 1 is 1.21 bits per heavy atom. The van der Waals surface area contributed by atoms with E-state index >= 15 is 0 Å². The lowest BCUT2D eigenvalue weighted by Crippen LogP contribution is -2.42. The van der Waals surface area contributed by atoms with Gasteiger partial charge in [-0.25, -0.2) is 0 Å². The summed E-state index contributed by atoms with van der Waals surface area (Å²) in [7, 11) is 0. The van der Waals surface area contributed by atoms with Crippen molar-refractivity contribution >= 4 is 5.69 Å². The number of anilines is 1. The van der Waals surface area contributed by atoms with E-state index in [0.717, 1.165) is 26.2 Å². The van der Waals surface area contributed by atoms with E-state index in [2.05, 4.69) is 28.4 Å². The lowest BCUT2D eigenvalue weighted by Gasteiger charge is -2.33. The maximum absolute atomic E-state index is 5.92. The monoisotopic (exact) mass is 258 g/mol. The van der Waals surface area contributed by atoms with Crippen molar-refractivity contribution < 1.29 is 4.74 Å². The van der Waals surface area contributed by atoms with E-state index in [0.29, 0.717) is 12.2 Å². The number of nitrogens with one attached hydrogen (secondary N) is 1. The SMILES string of the molecule is c1cc(CN2CC3CCC(C2)O3)c2c(c1)NCCC2. The van der Waals surface area contributed by atoms with E-state index in [1.54, 1.807) is 5.56 Å². The zero-order valence-electron chi connectivity index (χ0n) is 11.4. The standard InChI is InChI=1S/C16H22N2O/c1-3-12(15-4-2-8-17-16(15)5-1)9-18-10-13-6-7-14(11-18)19-13/h1,3,5,13-14,17H,2,4,6-11H2.